The highest BCUT2D eigenvalue weighted by Gasteiger charge is 2.11. The summed E-state index contributed by atoms with van der Waals surface area (Å²) < 4.78 is 5.53. The van der Waals surface area contributed by atoms with E-state index >= 15 is 0 Å². The summed E-state index contributed by atoms with van der Waals surface area (Å²) in [5, 5.41) is 13.5. The monoisotopic (exact) mass is 420 g/mol. The lowest BCUT2D eigenvalue weighted by atomic mass is 10.2. The molecule has 0 aliphatic rings. The average molecular weight is 421 g/mol. The van der Waals surface area contributed by atoms with Crippen molar-refractivity contribution in [3.8, 4) is 11.3 Å². The first kappa shape index (κ1) is 19.1. The Morgan fingerprint density at radius 3 is 2.59 bits per heavy atom. The molecule has 2 aromatic carbocycles. The Morgan fingerprint density at radius 1 is 1.03 bits per heavy atom. The summed E-state index contributed by atoms with van der Waals surface area (Å²) in [5.74, 6) is 0.373. The molecule has 0 aliphatic heterocycles. The van der Waals surface area contributed by atoms with Gasteiger partial charge >= 0.3 is 0 Å². The van der Waals surface area contributed by atoms with Crippen LogP contribution in [-0.4, -0.2) is 26.8 Å². The third kappa shape index (κ3) is 5.40. The molecule has 6 nitrogen and oxygen atoms in total. The Hall–Kier alpha value is -3.23. The summed E-state index contributed by atoms with van der Waals surface area (Å²) in [6.07, 6.45) is 3.63. The smallest absolute Gasteiger partial charge is 0.277 e. The fraction of sp³-hybridized carbons (Fsp3) is 0.0476. The van der Waals surface area contributed by atoms with Gasteiger partial charge in [-0.15, -0.1) is 21.5 Å². The van der Waals surface area contributed by atoms with E-state index in [0.29, 0.717) is 16.2 Å². The molecule has 0 aliphatic carbocycles. The van der Waals surface area contributed by atoms with Crippen molar-refractivity contribution in [3.63, 3.8) is 0 Å². The zero-order valence-corrected chi connectivity index (χ0v) is 16.8. The van der Waals surface area contributed by atoms with Crippen LogP contribution >= 0.6 is 23.1 Å². The minimum atomic E-state index is -0.177. The maximum Gasteiger partial charge on any atom is 0.277 e. The Kier molecular flexibility index (Phi) is 6.13. The Labute approximate surface area is 175 Å². The number of rotatable bonds is 7. The minimum Gasteiger partial charge on any atom is -0.412 e. The van der Waals surface area contributed by atoms with E-state index in [1.807, 2.05) is 72.1 Å². The van der Waals surface area contributed by atoms with Crippen molar-refractivity contribution >= 4 is 46.3 Å². The molecule has 2 aromatic heterocycles. The number of hydrogen-bond acceptors (Lipinski definition) is 7. The number of thioether (sulfide) groups is 1. The second kappa shape index (κ2) is 9.31. The zero-order valence-electron chi connectivity index (χ0n) is 15.2. The van der Waals surface area contributed by atoms with Crippen LogP contribution in [0.1, 0.15) is 11.5 Å². The highest BCUT2D eigenvalue weighted by molar-refractivity contribution is 7.99. The maximum absolute atomic E-state index is 12.2. The predicted molar refractivity (Wildman–Crippen MR) is 117 cm³/mol. The van der Waals surface area contributed by atoms with E-state index in [9.17, 15) is 4.79 Å². The van der Waals surface area contributed by atoms with Crippen molar-refractivity contribution in [1.29, 1.82) is 0 Å². The van der Waals surface area contributed by atoms with Gasteiger partial charge in [0.05, 0.1) is 11.4 Å². The van der Waals surface area contributed by atoms with Crippen LogP contribution in [0.2, 0.25) is 0 Å². The lowest BCUT2D eigenvalue weighted by Crippen LogP contribution is -2.13. The fourth-order valence-electron chi connectivity index (χ4n) is 2.43. The van der Waals surface area contributed by atoms with Crippen LogP contribution in [-0.2, 0) is 4.79 Å². The lowest BCUT2D eigenvalue weighted by Gasteiger charge is -1.99. The second-order valence-corrected chi connectivity index (χ2v) is 7.68. The molecule has 2 heterocycles. The summed E-state index contributed by atoms with van der Waals surface area (Å²) in [4.78, 5) is 16.6. The van der Waals surface area contributed by atoms with Crippen LogP contribution in [0.4, 0.5) is 5.13 Å². The van der Waals surface area contributed by atoms with Crippen molar-refractivity contribution in [2.75, 3.05) is 11.1 Å². The largest absolute Gasteiger partial charge is 0.412 e. The number of benzene rings is 2. The maximum atomic E-state index is 12.2. The minimum absolute atomic E-state index is 0.157. The van der Waals surface area contributed by atoms with Gasteiger partial charge in [-0.25, -0.2) is 4.98 Å². The first-order valence-corrected chi connectivity index (χ1v) is 10.6. The number of carbonyl (C=O) groups is 1. The van der Waals surface area contributed by atoms with Crippen LogP contribution in [0.3, 0.4) is 0 Å². The fourth-order valence-corrected chi connectivity index (χ4v) is 3.74. The molecular weight excluding hydrogens is 404 g/mol. The van der Waals surface area contributed by atoms with E-state index in [4.69, 9.17) is 4.42 Å². The molecule has 1 amide bonds. The number of nitrogens with zero attached hydrogens (tertiary/aromatic N) is 3. The topological polar surface area (TPSA) is 80.9 Å². The molecule has 0 spiro atoms. The molecule has 0 saturated heterocycles. The quantitative estimate of drug-likeness (QED) is 0.419. The van der Waals surface area contributed by atoms with Crippen molar-refractivity contribution in [3.05, 3.63) is 77.5 Å². The third-order valence-corrected chi connectivity index (χ3v) is 5.36. The highest BCUT2D eigenvalue weighted by Crippen LogP contribution is 2.25. The number of carbonyl (C=O) groups excluding carboxylic acids is 1. The molecule has 144 valence electrons. The number of hydrogen-bond donors (Lipinski definition) is 1. The van der Waals surface area contributed by atoms with E-state index < -0.39 is 0 Å². The van der Waals surface area contributed by atoms with Crippen LogP contribution in [0.15, 0.2) is 75.7 Å². The van der Waals surface area contributed by atoms with E-state index in [1.165, 1.54) is 23.1 Å². The molecule has 29 heavy (non-hydrogen) atoms. The van der Waals surface area contributed by atoms with Crippen molar-refractivity contribution in [1.82, 2.24) is 15.2 Å². The Morgan fingerprint density at radius 2 is 1.79 bits per heavy atom. The number of aromatic nitrogens is 3. The van der Waals surface area contributed by atoms with Gasteiger partial charge in [0, 0.05) is 17.0 Å². The summed E-state index contributed by atoms with van der Waals surface area (Å²) in [6, 6.07) is 19.7. The third-order valence-electron chi connectivity index (χ3n) is 3.79. The average Bonchev–Trinajstić information content (AvgIpc) is 3.42. The number of thiazole rings is 1. The number of amides is 1. The van der Waals surface area contributed by atoms with E-state index in [2.05, 4.69) is 20.5 Å². The van der Waals surface area contributed by atoms with Crippen LogP contribution in [0.25, 0.3) is 23.4 Å². The second-order valence-electron chi connectivity index (χ2n) is 5.89. The molecule has 0 radical (unpaired) electrons. The van der Waals surface area contributed by atoms with Gasteiger partial charge in [-0.2, -0.15) is 0 Å². The van der Waals surface area contributed by atoms with Crippen LogP contribution in [0.5, 0.6) is 0 Å². The molecule has 4 aromatic rings. The Balaban J connectivity index is 1.29. The molecule has 8 heteroatoms. The Bertz CT molecular complexity index is 1110. The highest BCUT2D eigenvalue weighted by atomic mass is 32.2. The summed E-state index contributed by atoms with van der Waals surface area (Å²) in [5.41, 5.74) is 2.89. The molecule has 0 unspecified atom stereocenters. The summed E-state index contributed by atoms with van der Waals surface area (Å²) >= 11 is 2.57. The molecule has 0 fully saturated rings. The van der Waals surface area contributed by atoms with Crippen molar-refractivity contribution in [2.45, 2.75) is 5.22 Å². The van der Waals surface area contributed by atoms with Gasteiger partial charge in [0.25, 0.3) is 5.22 Å². The lowest BCUT2D eigenvalue weighted by molar-refractivity contribution is -0.113. The molecule has 0 atom stereocenters. The molecular formula is C21H16N4O2S2. The molecule has 1 N–H and O–H groups in total. The van der Waals surface area contributed by atoms with Gasteiger partial charge in [-0.05, 0) is 11.6 Å². The zero-order chi connectivity index (χ0) is 19.9. The van der Waals surface area contributed by atoms with Crippen LogP contribution < -0.4 is 5.32 Å². The van der Waals surface area contributed by atoms with Crippen molar-refractivity contribution in [2.24, 2.45) is 0 Å². The molecule has 0 bridgehead atoms. The molecule has 0 saturated carbocycles. The van der Waals surface area contributed by atoms with Gasteiger partial charge in [-0.3, -0.25) is 4.79 Å². The van der Waals surface area contributed by atoms with E-state index in [1.54, 1.807) is 6.08 Å². The standard InChI is InChI=1S/C21H16N4O2S2/c26-18(23-20-22-17(13-28-20)16-9-5-2-6-10-16)14-29-21-25-24-19(27-21)12-11-15-7-3-1-4-8-15/h1-13H,14H2,(H,22,23,26)/b12-11+. The van der Waals surface area contributed by atoms with Gasteiger partial charge < -0.3 is 9.73 Å². The SMILES string of the molecule is O=C(CSc1nnc(/C=C/c2ccccc2)o1)Nc1nc(-c2ccccc2)cs1. The summed E-state index contributed by atoms with van der Waals surface area (Å²) in [6.45, 7) is 0. The molecule has 4 rings (SSSR count). The number of anilines is 1. The van der Waals surface area contributed by atoms with Gasteiger partial charge in [0.2, 0.25) is 11.8 Å². The van der Waals surface area contributed by atoms with Gasteiger partial charge in [0.1, 0.15) is 0 Å². The first-order chi connectivity index (χ1) is 14.3. The van der Waals surface area contributed by atoms with Gasteiger partial charge in [-0.1, -0.05) is 72.4 Å². The van der Waals surface area contributed by atoms with E-state index in [0.717, 1.165) is 16.8 Å². The number of nitrogens with one attached hydrogen (secondary N) is 1. The van der Waals surface area contributed by atoms with Gasteiger partial charge in [0.15, 0.2) is 5.13 Å². The summed E-state index contributed by atoms with van der Waals surface area (Å²) in [7, 11) is 0. The normalized spacial score (nSPS) is 11.0. The van der Waals surface area contributed by atoms with E-state index in [-0.39, 0.29) is 11.7 Å². The predicted octanol–water partition coefficient (Wildman–Crippen LogP) is 5.09. The van der Waals surface area contributed by atoms with Crippen molar-refractivity contribution < 1.29 is 9.21 Å². The van der Waals surface area contributed by atoms with Crippen LogP contribution in [0, 0.1) is 0 Å². The first-order valence-electron chi connectivity index (χ1n) is 8.76.